The van der Waals surface area contributed by atoms with Crippen LogP contribution in [-0.2, 0) is 14.8 Å². The highest BCUT2D eigenvalue weighted by Crippen LogP contribution is 2.13. The van der Waals surface area contributed by atoms with Crippen molar-refractivity contribution in [3.05, 3.63) is 18.0 Å². The van der Waals surface area contributed by atoms with E-state index in [4.69, 9.17) is 9.84 Å². The van der Waals surface area contributed by atoms with Gasteiger partial charge in [-0.2, -0.15) is 0 Å². The molecule has 19 heavy (non-hydrogen) atoms. The number of aromatic nitrogens is 1. The molecule has 7 nitrogen and oxygen atoms in total. The van der Waals surface area contributed by atoms with Crippen LogP contribution in [0.4, 0.5) is 0 Å². The fourth-order valence-electron chi connectivity index (χ4n) is 1.45. The maximum absolute atomic E-state index is 11.9. The van der Waals surface area contributed by atoms with Crippen LogP contribution in [0.25, 0.3) is 0 Å². The molecule has 0 radical (unpaired) electrons. The topological polar surface area (TPSA) is 108 Å². The molecule has 0 spiro atoms. The van der Waals surface area contributed by atoms with Gasteiger partial charge in [-0.3, -0.25) is 0 Å². The summed E-state index contributed by atoms with van der Waals surface area (Å²) >= 11 is 0. The minimum Gasteiger partial charge on any atom is -0.477 e. The van der Waals surface area contributed by atoms with Crippen LogP contribution in [0, 0.1) is 0 Å². The summed E-state index contributed by atoms with van der Waals surface area (Å²) in [5.41, 5.74) is -0.808. The van der Waals surface area contributed by atoms with Crippen LogP contribution in [0.5, 0.6) is 0 Å². The Bertz CT molecular complexity index is 547. The van der Waals surface area contributed by atoms with Crippen molar-refractivity contribution in [3.8, 4) is 0 Å². The molecule has 1 aromatic rings. The molecule has 8 heteroatoms. The fraction of sp³-hybridized carbons (Fsp3) is 0.545. The first-order valence-corrected chi connectivity index (χ1v) is 7.21. The Balaban J connectivity index is 2.78. The summed E-state index contributed by atoms with van der Waals surface area (Å²) in [5.74, 6) is -1.21. The minimum atomic E-state index is -3.75. The van der Waals surface area contributed by atoms with Crippen molar-refractivity contribution in [2.75, 3.05) is 13.2 Å². The number of aromatic amines is 1. The summed E-state index contributed by atoms with van der Waals surface area (Å²) < 4.78 is 31.6. The molecule has 0 saturated heterocycles. The van der Waals surface area contributed by atoms with E-state index < -0.39 is 21.6 Å². The molecular formula is C11H18N2O5S. The van der Waals surface area contributed by atoms with Crippen molar-refractivity contribution in [1.29, 1.82) is 0 Å². The SMILES string of the molecule is CCOC(C)(C)CNS(=O)(=O)c1c[nH]c(C(=O)O)c1. The maximum Gasteiger partial charge on any atom is 0.352 e. The molecule has 1 rings (SSSR count). The van der Waals surface area contributed by atoms with E-state index in [2.05, 4.69) is 9.71 Å². The molecule has 0 saturated carbocycles. The largest absolute Gasteiger partial charge is 0.477 e. The van der Waals surface area contributed by atoms with Gasteiger partial charge in [0.25, 0.3) is 0 Å². The Hall–Kier alpha value is -1.38. The lowest BCUT2D eigenvalue weighted by atomic mass is 10.1. The van der Waals surface area contributed by atoms with E-state index in [1.807, 2.05) is 6.92 Å². The number of rotatable bonds is 7. The molecule has 1 aromatic heterocycles. The standard InChI is InChI=1S/C11H18N2O5S/c1-4-18-11(2,3)7-13-19(16,17)8-5-9(10(14)15)12-6-8/h5-6,12-13H,4,7H2,1-3H3,(H,14,15). The number of carbonyl (C=O) groups is 1. The van der Waals surface area contributed by atoms with E-state index in [0.717, 1.165) is 12.3 Å². The van der Waals surface area contributed by atoms with Gasteiger partial charge < -0.3 is 14.8 Å². The summed E-state index contributed by atoms with van der Waals surface area (Å²) in [6.07, 6.45) is 1.14. The first kappa shape index (κ1) is 15.7. The monoisotopic (exact) mass is 290 g/mol. The predicted molar refractivity (Wildman–Crippen MR) is 68.6 cm³/mol. The van der Waals surface area contributed by atoms with E-state index in [0.29, 0.717) is 6.61 Å². The number of carboxylic acid groups (broad SMARTS) is 1. The van der Waals surface area contributed by atoms with Crippen LogP contribution in [0.1, 0.15) is 31.3 Å². The zero-order chi connectivity index (χ0) is 14.7. The van der Waals surface area contributed by atoms with Gasteiger partial charge in [-0.15, -0.1) is 0 Å². The molecule has 0 atom stereocenters. The normalized spacial score (nSPS) is 12.6. The molecule has 0 aliphatic heterocycles. The van der Waals surface area contributed by atoms with Gasteiger partial charge in [-0.1, -0.05) is 0 Å². The second kappa shape index (κ2) is 5.72. The zero-order valence-corrected chi connectivity index (χ0v) is 11.9. The van der Waals surface area contributed by atoms with Gasteiger partial charge >= 0.3 is 5.97 Å². The Kier molecular flexibility index (Phi) is 4.72. The van der Waals surface area contributed by atoms with Crippen LogP contribution in [0.3, 0.4) is 0 Å². The third-order valence-electron chi connectivity index (χ3n) is 2.42. The van der Waals surface area contributed by atoms with E-state index >= 15 is 0 Å². The molecule has 0 aliphatic rings. The highest BCUT2D eigenvalue weighted by molar-refractivity contribution is 7.89. The number of nitrogens with one attached hydrogen (secondary N) is 2. The van der Waals surface area contributed by atoms with E-state index in [9.17, 15) is 13.2 Å². The average Bonchev–Trinajstić information content (AvgIpc) is 2.77. The number of carboxylic acids is 1. The van der Waals surface area contributed by atoms with E-state index in [-0.39, 0.29) is 17.1 Å². The van der Waals surface area contributed by atoms with Crippen molar-refractivity contribution in [1.82, 2.24) is 9.71 Å². The second-order valence-corrected chi connectivity index (χ2v) is 6.34. The molecule has 1 heterocycles. The smallest absolute Gasteiger partial charge is 0.352 e. The maximum atomic E-state index is 11.9. The number of aromatic carboxylic acids is 1. The van der Waals surface area contributed by atoms with Crippen molar-refractivity contribution in [2.45, 2.75) is 31.3 Å². The lowest BCUT2D eigenvalue weighted by Gasteiger charge is -2.24. The molecule has 0 amide bonds. The summed E-state index contributed by atoms with van der Waals surface area (Å²) in [4.78, 5) is 12.9. The van der Waals surface area contributed by atoms with Crippen molar-refractivity contribution in [2.24, 2.45) is 0 Å². The number of ether oxygens (including phenoxy) is 1. The van der Waals surface area contributed by atoms with Crippen molar-refractivity contribution < 1.29 is 23.1 Å². The predicted octanol–water partition coefficient (Wildman–Crippen LogP) is 0.806. The summed E-state index contributed by atoms with van der Waals surface area (Å²) in [6.45, 7) is 5.91. The van der Waals surface area contributed by atoms with Gasteiger partial charge in [0.15, 0.2) is 0 Å². The summed E-state index contributed by atoms with van der Waals surface area (Å²) in [7, 11) is -3.75. The summed E-state index contributed by atoms with van der Waals surface area (Å²) in [6, 6.07) is 1.07. The van der Waals surface area contributed by atoms with Crippen LogP contribution < -0.4 is 4.72 Å². The lowest BCUT2D eigenvalue weighted by molar-refractivity contribution is -0.00515. The van der Waals surface area contributed by atoms with Crippen LogP contribution in [0.15, 0.2) is 17.2 Å². The van der Waals surface area contributed by atoms with Crippen LogP contribution >= 0.6 is 0 Å². The Morgan fingerprint density at radius 1 is 1.53 bits per heavy atom. The third-order valence-corrected chi connectivity index (χ3v) is 3.80. The van der Waals surface area contributed by atoms with Crippen LogP contribution in [0.2, 0.25) is 0 Å². The quantitative estimate of drug-likeness (QED) is 0.688. The molecular weight excluding hydrogens is 272 g/mol. The van der Waals surface area contributed by atoms with Gasteiger partial charge in [-0.05, 0) is 26.8 Å². The van der Waals surface area contributed by atoms with Gasteiger partial charge in [0.2, 0.25) is 10.0 Å². The number of sulfonamides is 1. The minimum absolute atomic E-state index is 0.0940. The van der Waals surface area contributed by atoms with Crippen molar-refractivity contribution >= 4 is 16.0 Å². The molecule has 108 valence electrons. The third kappa shape index (κ3) is 4.34. The molecule has 3 N–H and O–H groups in total. The molecule has 0 fully saturated rings. The average molecular weight is 290 g/mol. The number of H-pyrrole nitrogens is 1. The van der Waals surface area contributed by atoms with E-state index in [1.54, 1.807) is 13.8 Å². The first-order chi connectivity index (χ1) is 8.68. The van der Waals surface area contributed by atoms with Crippen molar-refractivity contribution in [3.63, 3.8) is 0 Å². The Morgan fingerprint density at radius 3 is 2.63 bits per heavy atom. The van der Waals surface area contributed by atoms with Gasteiger partial charge in [0, 0.05) is 19.3 Å². The molecule has 0 unspecified atom stereocenters. The highest BCUT2D eigenvalue weighted by Gasteiger charge is 2.23. The van der Waals surface area contributed by atoms with Gasteiger partial charge in [0.1, 0.15) is 10.6 Å². The van der Waals surface area contributed by atoms with Gasteiger partial charge in [0.05, 0.1) is 5.60 Å². The molecule has 0 aromatic carbocycles. The Labute approximate surface area is 112 Å². The first-order valence-electron chi connectivity index (χ1n) is 5.73. The second-order valence-electron chi connectivity index (χ2n) is 4.57. The fourth-order valence-corrected chi connectivity index (χ4v) is 2.64. The van der Waals surface area contributed by atoms with Crippen LogP contribution in [-0.4, -0.2) is 43.2 Å². The number of hydrogen-bond donors (Lipinski definition) is 3. The zero-order valence-electron chi connectivity index (χ0n) is 11.1. The molecule has 0 aliphatic carbocycles. The highest BCUT2D eigenvalue weighted by atomic mass is 32.2. The van der Waals surface area contributed by atoms with E-state index in [1.165, 1.54) is 0 Å². The summed E-state index contributed by atoms with van der Waals surface area (Å²) in [5, 5.41) is 8.73. The van der Waals surface area contributed by atoms with Gasteiger partial charge in [-0.25, -0.2) is 17.9 Å². The number of hydrogen-bond acceptors (Lipinski definition) is 4. The lowest BCUT2D eigenvalue weighted by Crippen LogP contribution is -2.40. The Morgan fingerprint density at radius 2 is 2.16 bits per heavy atom. The molecule has 0 bridgehead atoms.